The van der Waals surface area contributed by atoms with Gasteiger partial charge in [0.2, 0.25) is 0 Å². The van der Waals surface area contributed by atoms with Gasteiger partial charge < -0.3 is 9.64 Å². The maximum absolute atomic E-state index is 13.3. The van der Waals surface area contributed by atoms with Gasteiger partial charge in [0.1, 0.15) is 0 Å². The van der Waals surface area contributed by atoms with E-state index in [1.54, 1.807) is 0 Å². The summed E-state index contributed by atoms with van der Waals surface area (Å²) in [4.78, 5) is 15.4. The minimum Gasteiger partial charge on any atom is -0.374 e. The Bertz CT molecular complexity index is 799. The van der Waals surface area contributed by atoms with Gasteiger partial charge in [-0.25, -0.2) is 4.68 Å². The molecule has 2 heterocycles. The normalized spacial score (nSPS) is 25.0. The Labute approximate surface area is 147 Å². The summed E-state index contributed by atoms with van der Waals surface area (Å²) < 4.78 is 7.85. The maximum Gasteiger partial charge on any atom is 0.275 e. The molecule has 3 aliphatic rings. The molecule has 1 aromatic heterocycles. The second kappa shape index (κ2) is 5.99. The quantitative estimate of drug-likeness (QED) is 0.846. The van der Waals surface area contributed by atoms with Crippen molar-refractivity contribution in [1.82, 2.24) is 14.7 Å². The molecule has 1 saturated carbocycles. The molecule has 1 saturated heterocycles. The molecule has 0 unspecified atom stereocenters. The Hall–Kier alpha value is -2.14. The number of morpholine rings is 1. The first-order valence-electron chi connectivity index (χ1n) is 9.41. The van der Waals surface area contributed by atoms with Gasteiger partial charge in [0.25, 0.3) is 5.91 Å². The van der Waals surface area contributed by atoms with Crippen LogP contribution in [0.4, 0.5) is 0 Å². The van der Waals surface area contributed by atoms with Gasteiger partial charge in [0.15, 0.2) is 5.69 Å². The van der Waals surface area contributed by atoms with E-state index in [1.165, 1.54) is 5.69 Å². The molecule has 0 radical (unpaired) electrons. The molecule has 0 spiro atoms. The number of carbonyl (C=O) groups excluding carboxylic acids is 1. The van der Waals surface area contributed by atoms with Crippen molar-refractivity contribution in [3.05, 3.63) is 47.3 Å². The van der Waals surface area contributed by atoms with Crippen LogP contribution in [0.3, 0.4) is 0 Å². The van der Waals surface area contributed by atoms with Crippen molar-refractivity contribution in [2.24, 2.45) is 0 Å². The third-order valence-electron chi connectivity index (χ3n) is 5.88. The number of benzene rings is 1. The van der Waals surface area contributed by atoms with Gasteiger partial charge in [0.05, 0.1) is 24.4 Å². The van der Waals surface area contributed by atoms with Crippen LogP contribution in [0.2, 0.25) is 0 Å². The zero-order chi connectivity index (χ0) is 16.8. The molecular formula is C20H23N3O2. The molecule has 2 fully saturated rings. The minimum absolute atomic E-state index is 0.105. The smallest absolute Gasteiger partial charge is 0.275 e. The van der Waals surface area contributed by atoms with Gasteiger partial charge in [-0.05, 0) is 50.7 Å². The summed E-state index contributed by atoms with van der Waals surface area (Å²) in [5, 5.41) is 4.78. The van der Waals surface area contributed by atoms with Crippen LogP contribution in [0.25, 0.3) is 5.69 Å². The molecule has 1 aromatic carbocycles. The molecule has 25 heavy (non-hydrogen) atoms. The predicted molar refractivity (Wildman–Crippen MR) is 94.0 cm³/mol. The number of carbonyl (C=O) groups is 1. The summed E-state index contributed by atoms with van der Waals surface area (Å²) in [5.41, 5.74) is 4.09. The number of aromatic nitrogens is 2. The number of hydrogen-bond donors (Lipinski definition) is 0. The lowest BCUT2D eigenvalue weighted by Crippen LogP contribution is -2.51. The molecule has 1 aliphatic heterocycles. The molecule has 2 atom stereocenters. The number of amides is 1. The average Bonchev–Trinajstić information content (AvgIpc) is 3.37. The van der Waals surface area contributed by atoms with E-state index in [4.69, 9.17) is 9.84 Å². The Morgan fingerprint density at radius 1 is 1.12 bits per heavy atom. The second-order valence-corrected chi connectivity index (χ2v) is 7.28. The number of hydrogen-bond acceptors (Lipinski definition) is 3. The van der Waals surface area contributed by atoms with Crippen molar-refractivity contribution < 1.29 is 9.53 Å². The first kappa shape index (κ1) is 15.1. The highest BCUT2D eigenvalue weighted by molar-refractivity contribution is 5.94. The molecule has 2 aliphatic carbocycles. The summed E-state index contributed by atoms with van der Waals surface area (Å²) in [6.45, 7) is 1.33. The molecule has 130 valence electrons. The van der Waals surface area contributed by atoms with Gasteiger partial charge in [-0.2, -0.15) is 5.10 Å². The van der Waals surface area contributed by atoms with Crippen LogP contribution in [-0.4, -0.2) is 45.9 Å². The highest BCUT2D eigenvalue weighted by atomic mass is 16.5. The molecular weight excluding hydrogens is 314 g/mol. The first-order chi connectivity index (χ1) is 12.3. The lowest BCUT2D eigenvalue weighted by atomic mass is 10.1. The highest BCUT2D eigenvalue weighted by Gasteiger charge is 2.40. The van der Waals surface area contributed by atoms with Gasteiger partial charge in [-0.3, -0.25) is 4.79 Å². The monoisotopic (exact) mass is 337 g/mol. The van der Waals surface area contributed by atoms with E-state index in [1.807, 2.05) is 27.8 Å². The fourth-order valence-corrected chi connectivity index (χ4v) is 4.71. The van der Waals surface area contributed by atoms with E-state index in [0.717, 1.165) is 49.8 Å². The minimum atomic E-state index is 0.105. The molecule has 1 amide bonds. The Morgan fingerprint density at radius 3 is 2.88 bits per heavy atom. The fraction of sp³-hybridized carbons (Fsp3) is 0.500. The van der Waals surface area contributed by atoms with Crippen LogP contribution in [0, 0.1) is 0 Å². The lowest BCUT2D eigenvalue weighted by Gasteiger charge is -2.37. The lowest BCUT2D eigenvalue weighted by molar-refractivity contribution is -0.0447. The van der Waals surface area contributed by atoms with Crippen LogP contribution in [0.5, 0.6) is 0 Å². The van der Waals surface area contributed by atoms with E-state index >= 15 is 0 Å². The molecule has 0 bridgehead atoms. The highest BCUT2D eigenvalue weighted by Crippen LogP contribution is 2.33. The van der Waals surface area contributed by atoms with Crippen molar-refractivity contribution in [2.45, 2.75) is 50.7 Å². The molecule has 2 aromatic rings. The van der Waals surface area contributed by atoms with Crippen LogP contribution in [0.15, 0.2) is 30.3 Å². The molecule has 0 N–H and O–H groups in total. The number of rotatable bonds is 2. The third-order valence-corrected chi connectivity index (χ3v) is 5.88. The standard InChI is InChI=1S/C20H23N3O2/c24-20(22-12-13-25-18-11-5-10-17(18)22)19-15-8-4-9-16(15)23(21-19)14-6-2-1-3-7-14/h1-3,6-7,17-18H,4-5,8-13H2/t17-,18-/m1/s1. The summed E-state index contributed by atoms with van der Waals surface area (Å²) in [7, 11) is 0. The molecule has 5 rings (SSSR count). The van der Waals surface area contributed by atoms with E-state index < -0.39 is 0 Å². The summed E-state index contributed by atoms with van der Waals surface area (Å²) in [6, 6.07) is 10.4. The van der Waals surface area contributed by atoms with Crippen molar-refractivity contribution in [3.63, 3.8) is 0 Å². The van der Waals surface area contributed by atoms with Gasteiger partial charge in [-0.15, -0.1) is 0 Å². The van der Waals surface area contributed by atoms with Crippen molar-refractivity contribution in [1.29, 1.82) is 0 Å². The first-order valence-corrected chi connectivity index (χ1v) is 9.41. The van der Waals surface area contributed by atoms with Gasteiger partial charge in [-0.1, -0.05) is 18.2 Å². The largest absolute Gasteiger partial charge is 0.374 e. The van der Waals surface area contributed by atoms with Crippen molar-refractivity contribution in [2.75, 3.05) is 13.2 Å². The zero-order valence-corrected chi connectivity index (χ0v) is 14.4. The Balaban J connectivity index is 1.53. The van der Waals surface area contributed by atoms with Crippen LogP contribution in [-0.2, 0) is 17.6 Å². The fourth-order valence-electron chi connectivity index (χ4n) is 4.71. The molecule has 5 heteroatoms. The van der Waals surface area contributed by atoms with E-state index in [2.05, 4.69) is 12.1 Å². The summed E-state index contributed by atoms with van der Waals surface area (Å²) in [5.74, 6) is 0.105. The third kappa shape index (κ3) is 2.41. The molecule has 5 nitrogen and oxygen atoms in total. The SMILES string of the molecule is O=C(c1nn(-c2ccccc2)c2c1CCC2)N1CCO[C@@H]2CCC[C@H]21. The van der Waals surface area contributed by atoms with Crippen LogP contribution >= 0.6 is 0 Å². The number of ether oxygens (including phenoxy) is 1. The number of fused-ring (bicyclic) bond motifs is 2. The van der Waals surface area contributed by atoms with E-state index in [0.29, 0.717) is 18.8 Å². The number of para-hydroxylation sites is 1. The number of nitrogens with zero attached hydrogens (tertiary/aromatic N) is 3. The predicted octanol–water partition coefficient (Wildman–Crippen LogP) is 2.75. The summed E-state index contributed by atoms with van der Waals surface area (Å²) in [6.07, 6.45) is 6.57. The van der Waals surface area contributed by atoms with Crippen molar-refractivity contribution >= 4 is 5.91 Å². The Kier molecular flexibility index (Phi) is 3.63. The van der Waals surface area contributed by atoms with Gasteiger partial charge in [0, 0.05) is 17.8 Å². The summed E-state index contributed by atoms with van der Waals surface area (Å²) >= 11 is 0. The van der Waals surface area contributed by atoms with E-state index in [-0.39, 0.29) is 18.1 Å². The van der Waals surface area contributed by atoms with Crippen LogP contribution in [0.1, 0.15) is 47.4 Å². The van der Waals surface area contributed by atoms with Crippen molar-refractivity contribution in [3.8, 4) is 5.69 Å². The average molecular weight is 337 g/mol. The van der Waals surface area contributed by atoms with Gasteiger partial charge >= 0.3 is 0 Å². The van der Waals surface area contributed by atoms with E-state index in [9.17, 15) is 4.79 Å². The maximum atomic E-state index is 13.3. The Morgan fingerprint density at radius 2 is 2.00 bits per heavy atom. The second-order valence-electron chi connectivity index (χ2n) is 7.28. The zero-order valence-electron chi connectivity index (χ0n) is 14.4. The topological polar surface area (TPSA) is 47.4 Å². The van der Waals surface area contributed by atoms with Crippen LogP contribution < -0.4 is 0 Å².